The van der Waals surface area contributed by atoms with E-state index < -0.39 is 4.92 Å². The third-order valence-corrected chi connectivity index (χ3v) is 2.27. The number of benzene rings is 1. The van der Waals surface area contributed by atoms with Crippen LogP contribution in [0.3, 0.4) is 0 Å². The number of nitrogens with two attached hydrogens (primary N) is 1. The van der Waals surface area contributed by atoms with E-state index in [1.165, 1.54) is 12.1 Å². The van der Waals surface area contributed by atoms with Crippen molar-refractivity contribution < 1.29 is 4.92 Å². The Hall–Kier alpha value is -1.89. The van der Waals surface area contributed by atoms with Crippen LogP contribution < -0.4 is 16.4 Å². The summed E-state index contributed by atoms with van der Waals surface area (Å²) in [4.78, 5) is 10.2. The van der Waals surface area contributed by atoms with Crippen LogP contribution in [0.4, 0.5) is 17.1 Å². The van der Waals surface area contributed by atoms with Crippen molar-refractivity contribution in [1.82, 2.24) is 5.32 Å². The number of nitrogen functional groups attached to an aromatic ring is 1. The molecule has 1 aromatic rings. The number of anilines is 2. The summed E-state index contributed by atoms with van der Waals surface area (Å²) in [7, 11) is 0. The summed E-state index contributed by atoms with van der Waals surface area (Å²) in [6, 6.07) is 4.47. The van der Waals surface area contributed by atoms with Crippen molar-refractivity contribution in [2.75, 3.05) is 17.6 Å². The number of rotatable bonds is 4. The van der Waals surface area contributed by atoms with Gasteiger partial charge in [0.1, 0.15) is 5.69 Å². The number of nitrogens with zero attached hydrogens (tertiary/aromatic N) is 1. The number of nitrogens with one attached hydrogen (secondary N) is 2. The standard InChI is InChI=1S/C10H14N4O2S/c1-2-5-12-10(17)13-7-3-4-8(11)9(6-7)14(15)16/h3-4,6H,2,5,11H2,1H3,(H2,12,13,17). The third-order valence-electron chi connectivity index (χ3n) is 2.02. The van der Waals surface area contributed by atoms with Gasteiger partial charge in [-0.1, -0.05) is 6.92 Å². The van der Waals surface area contributed by atoms with Crippen molar-refractivity contribution in [3.8, 4) is 0 Å². The molecule has 0 bridgehead atoms. The minimum absolute atomic E-state index is 0.131. The lowest BCUT2D eigenvalue weighted by atomic mass is 10.2. The molecule has 92 valence electrons. The van der Waals surface area contributed by atoms with Gasteiger partial charge in [0.05, 0.1) is 4.92 Å². The summed E-state index contributed by atoms with van der Waals surface area (Å²) in [5.74, 6) is 0. The Balaban J connectivity index is 2.75. The van der Waals surface area contributed by atoms with Gasteiger partial charge < -0.3 is 16.4 Å². The first-order valence-electron chi connectivity index (χ1n) is 5.13. The fourth-order valence-electron chi connectivity index (χ4n) is 1.19. The highest BCUT2D eigenvalue weighted by molar-refractivity contribution is 7.80. The van der Waals surface area contributed by atoms with Gasteiger partial charge >= 0.3 is 0 Å². The van der Waals surface area contributed by atoms with Gasteiger partial charge in [0.15, 0.2) is 5.11 Å². The maximum absolute atomic E-state index is 10.7. The van der Waals surface area contributed by atoms with Crippen LogP contribution in [-0.2, 0) is 0 Å². The molecule has 4 N–H and O–H groups in total. The second-order valence-electron chi connectivity index (χ2n) is 3.41. The Morgan fingerprint density at radius 1 is 1.59 bits per heavy atom. The molecule has 0 unspecified atom stereocenters. The Morgan fingerprint density at radius 3 is 2.88 bits per heavy atom. The lowest BCUT2D eigenvalue weighted by Crippen LogP contribution is -2.28. The highest BCUT2D eigenvalue weighted by Gasteiger charge is 2.12. The molecular weight excluding hydrogens is 240 g/mol. The van der Waals surface area contributed by atoms with Crippen molar-refractivity contribution in [2.24, 2.45) is 0 Å². The molecule has 0 radical (unpaired) electrons. The first-order valence-corrected chi connectivity index (χ1v) is 5.54. The number of hydrogen-bond acceptors (Lipinski definition) is 4. The van der Waals surface area contributed by atoms with Crippen LogP contribution in [0.2, 0.25) is 0 Å². The lowest BCUT2D eigenvalue weighted by Gasteiger charge is -2.09. The molecule has 0 aromatic heterocycles. The van der Waals surface area contributed by atoms with E-state index in [2.05, 4.69) is 10.6 Å². The molecule has 0 atom stereocenters. The molecule has 0 saturated heterocycles. The predicted octanol–water partition coefficient (Wildman–Crippen LogP) is 1.87. The zero-order chi connectivity index (χ0) is 12.8. The Kier molecular flexibility index (Phi) is 4.65. The average Bonchev–Trinajstić information content (AvgIpc) is 2.28. The van der Waals surface area contributed by atoms with Crippen molar-refractivity contribution >= 4 is 34.4 Å². The van der Waals surface area contributed by atoms with Gasteiger partial charge in [-0.15, -0.1) is 0 Å². The van der Waals surface area contributed by atoms with E-state index in [0.717, 1.165) is 13.0 Å². The van der Waals surface area contributed by atoms with Crippen molar-refractivity contribution in [2.45, 2.75) is 13.3 Å². The molecule has 1 aromatic carbocycles. The number of nitro groups is 1. The molecular formula is C10H14N4O2S. The van der Waals surface area contributed by atoms with Gasteiger partial charge in [0.2, 0.25) is 0 Å². The minimum Gasteiger partial charge on any atom is -0.393 e. The Bertz CT molecular complexity index is 436. The first kappa shape index (κ1) is 13.2. The molecule has 6 nitrogen and oxygen atoms in total. The molecule has 0 aliphatic rings. The molecule has 0 spiro atoms. The molecule has 0 aliphatic carbocycles. The molecule has 0 saturated carbocycles. The summed E-state index contributed by atoms with van der Waals surface area (Å²) in [5, 5.41) is 16.9. The van der Waals surface area contributed by atoms with E-state index >= 15 is 0 Å². The molecule has 0 fully saturated rings. The lowest BCUT2D eigenvalue weighted by molar-refractivity contribution is -0.383. The smallest absolute Gasteiger partial charge is 0.294 e. The van der Waals surface area contributed by atoms with Crippen LogP contribution >= 0.6 is 12.2 Å². The normalized spacial score (nSPS) is 9.71. The largest absolute Gasteiger partial charge is 0.393 e. The topological polar surface area (TPSA) is 93.2 Å². The van der Waals surface area contributed by atoms with E-state index in [1.54, 1.807) is 6.07 Å². The van der Waals surface area contributed by atoms with Gasteiger partial charge in [-0.2, -0.15) is 0 Å². The van der Waals surface area contributed by atoms with Gasteiger partial charge in [0, 0.05) is 18.3 Å². The maximum atomic E-state index is 10.7. The highest BCUT2D eigenvalue weighted by Crippen LogP contribution is 2.24. The zero-order valence-corrected chi connectivity index (χ0v) is 10.2. The molecule has 1 rings (SSSR count). The fraction of sp³-hybridized carbons (Fsp3) is 0.300. The quantitative estimate of drug-likeness (QED) is 0.329. The number of thiocarbonyl (C=S) groups is 1. The van der Waals surface area contributed by atoms with E-state index in [9.17, 15) is 10.1 Å². The first-order chi connectivity index (χ1) is 8.04. The molecule has 0 amide bonds. The van der Waals surface area contributed by atoms with E-state index in [-0.39, 0.29) is 11.4 Å². The Morgan fingerprint density at radius 2 is 2.29 bits per heavy atom. The summed E-state index contributed by atoms with van der Waals surface area (Å²) in [6.45, 7) is 2.77. The van der Waals surface area contributed by atoms with Crippen LogP contribution in [0.1, 0.15) is 13.3 Å². The van der Waals surface area contributed by atoms with E-state index in [0.29, 0.717) is 10.8 Å². The van der Waals surface area contributed by atoms with Crippen LogP contribution in [0.5, 0.6) is 0 Å². The summed E-state index contributed by atoms with van der Waals surface area (Å²) >= 11 is 5.02. The fourth-order valence-corrected chi connectivity index (χ4v) is 1.41. The highest BCUT2D eigenvalue weighted by atomic mass is 32.1. The second-order valence-corrected chi connectivity index (χ2v) is 3.82. The number of nitro benzene ring substituents is 1. The molecule has 17 heavy (non-hydrogen) atoms. The zero-order valence-electron chi connectivity index (χ0n) is 9.40. The van der Waals surface area contributed by atoms with E-state index in [4.69, 9.17) is 18.0 Å². The molecule has 0 aliphatic heterocycles. The van der Waals surface area contributed by atoms with Gasteiger partial charge in [0.25, 0.3) is 5.69 Å². The third kappa shape index (κ3) is 3.87. The second kappa shape index (κ2) is 6.00. The minimum atomic E-state index is -0.525. The number of hydrogen-bond donors (Lipinski definition) is 3. The summed E-state index contributed by atoms with van der Waals surface area (Å²) in [5.41, 5.74) is 6.03. The maximum Gasteiger partial charge on any atom is 0.294 e. The van der Waals surface area contributed by atoms with E-state index in [1.807, 2.05) is 6.92 Å². The van der Waals surface area contributed by atoms with Crippen molar-refractivity contribution in [3.05, 3.63) is 28.3 Å². The van der Waals surface area contributed by atoms with Crippen molar-refractivity contribution in [1.29, 1.82) is 0 Å². The molecule has 7 heteroatoms. The predicted molar refractivity (Wildman–Crippen MR) is 72.0 cm³/mol. The van der Waals surface area contributed by atoms with Crippen LogP contribution in [-0.4, -0.2) is 16.6 Å². The Labute approximate surface area is 104 Å². The van der Waals surface area contributed by atoms with Crippen molar-refractivity contribution in [3.63, 3.8) is 0 Å². The summed E-state index contributed by atoms with van der Waals surface area (Å²) < 4.78 is 0. The van der Waals surface area contributed by atoms with Gasteiger partial charge in [-0.25, -0.2) is 0 Å². The van der Waals surface area contributed by atoms with Crippen LogP contribution in [0.25, 0.3) is 0 Å². The molecule has 0 heterocycles. The van der Waals surface area contributed by atoms with Gasteiger partial charge in [-0.05, 0) is 30.8 Å². The average molecular weight is 254 g/mol. The van der Waals surface area contributed by atoms with Crippen LogP contribution in [0, 0.1) is 10.1 Å². The monoisotopic (exact) mass is 254 g/mol. The summed E-state index contributed by atoms with van der Waals surface area (Å²) in [6.07, 6.45) is 0.948. The van der Waals surface area contributed by atoms with Gasteiger partial charge in [-0.3, -0.25) is 10.1 Å². The van der Waals surface area contributed by atoms with Crippen LogP contribution in [0.15, 0.2) is 18.2 Å². The SMILES string of the molecule is CCCNC(=S)Nc1ccc(N)c([N+](=O)[O-])c1.